The van der Waals surface area contributed by atoms with E-state index >= 15 is 0 Å². The van der Waals surface area contributed by atoms with E-state index in [0.717, 1.165) is 0 Å². The van der Waals surface area contributed by atoms with Gasteiger partial charge in [-0.25, -0.2) is 0 Å². The molecule has 0 atom stereocenters. The number of aliphatic hydroxyl groups excluding tert-OH is 1. The van der Waals surface area contributed by atoms with Crippen LogP contribution < -0.4 is 5.32 Å². The maximum absolute atomic E-state index is 11.5. The second-order valence-electron chi connectivity index (χ2n) is 4.37. The molecule has 0 aliphatic heterocycles. The normalized spacial score (nSPS) is 22.3. The van der Waals surface area contributed by atoms with Crippen LogP contribution in [0.2, 0.25) is 0 Å². The molecule has 2 rings (SSSR count). The molecule has 1 fully saturated rings. The molecule has 1 aliphatic carbocycles. The highest BCUT2D eigenvalue weighted by molar-refractivity contribution is 5.76. The van der Waals surface area contributed by atoms with Crippen LogP contribution in [-0.2, 0) is 11.3 Å². The fourth-order valence-corrected chi connectivity index (χ4v) is 1.80. The average molecular weight is 254 g/mol. The smallest absolute Gasteiger partial charge is 0.381 e. The molecule has 1 amide bonds. The Balaban J connectivity index is 1.73. The Morgan fingerprint density at radius 3 is 2.94 bits per heavy atom. The van der Waals surface area contributed by atoms with Gasteiger partial charge in [0.25, 0.3) is 0 Å². The molecule has 98 valence electrons. The van der Waals surface area contributed by atoms with Gasteiger partial charge in [-0.15, -0.1) is 0 Å². The summed E-state index contributed by atoms with van der Waals surface area (Å²) < 4.78 is 1.51. The summed E-state index contributed by atoms with van der Waals surface area (Å²) >= 11 is 0. The van der Waals surface area contributed by atoms with Crippen molar-refractivity contribution >= 4 is 11.7 Å². The van der Waals surface area contributed by atoms with Crippen molar-refractivity contribution in [3.63, 3.8) is 0 Å². The van der Waals surface area contributed by atoms with E-state index in [1.165, 1.54) is 17.1 Å². The zero-order chi connectivity index (χ0) is 13.1. The number of nitrogens with zero attached hydrogens (tertiary/aromatic N) is 3. The lowest BCUT2D eigenvalue weighted by Crippen LogP contribution is -2.46. The largest absolute Gasteiger partial charge is 0.393 e. The highest BCUT2D eigenvalue weighted by Crippen LogP contribution is 2.19. The maximum Gasteiger partial charge on any atom is 0.381 e. The molecule has 1 aromatic rings. The van der Waals surface area contributed by atoms with Crippen molar-refractivity contribution in [2.45, 2.75) is 38.0 Å². The molecule has 0 radical (unpaired) electrons. The second-order valence-corrected chi connectivity index (χ2v) is 4.37. The van der Waals surface area contributed by atoms with Gasteiger partial charge in [0, 0.05) is 19.0 Å². The van der Waals surface area contributed by atoms with Crippen LogP contribution in [0.3, 0.4) is 0 Å². The number of hydrogen-bond acceptors (Lipinski definition) is 5. The van der Waals surface area contributed by atoms with Crippen LogP contribution in [0.25, 0.3) is 0 Å². The van der Waals surface area contributed by atoms with E-state index in [2.05, 4.69) is 10.3 Å². The number of nitrogens with one attached hydrogen (secondary N) is 1. The number of imidazole rings is 1. The summed E-state index contributed by atoms with van der Waals surface area (Å²) in [4.78, 5) is 24.9. The summed E-state index contributed by atoms with van der Waals surface area (Å²) in [5.41, 5.74) is 0. The highest BCUT2D eigenvalue weighted by Gasteiger charge is 2.28. The first kappa shape index (κ1) is 12.5. The van der Waals surface area contributed by atoms with Gasteiger partial charge in [-0.05, 0) is 22.7 Å². The lowest BCUT2D eigenvalue weighted by atomic mass is 9.89. The summed E-state index contributed by atoms with van der Waals surface area (Å²) in [6.45, 7) is 0.349. The number of aliphatic hydroxyl groups is 1. The highest BCUT2D eigenvalue weighted by atomic mass is 16.6. The van der Waals surface area contributed by atoms with Crippen molar-refractivity contribution in [1.82, 2.24) is 14.9 Å². The number of hydrogen-bond donors (Lipinski definition) is 2. The first-order chi connectivity index (χ1) is 8.54. The van der Waals surface area contributed by atoms with Gasteiger partial charge in [0.05, 0.1) is 6.10 Å². The summed E-state index contributed by atoms with van der Waals surface area (Å²) in [7, 11) is 0. The Bertz CT molecular complexity index is 452. The lowest BCUT2D eigenvalue weighted by molar-refractivity contribution is -0.389. The van der Waals surface area contributed by atoms with Gasteiger partial charge in [0.15, 0.2) is 0 Å². The van der Waals surface area contributed by atoms with Gasteiger partial charge >= 0.3 is 5.82 Å². The van der Waals surface area contributed by atoms with E-state index in [-0.39, 0.29) is 30.3 Å². The SMILES string of the molecule is O=C(CCn1cnc([N+](=O)[O-])c1)NC1CC(O)C1. The first-order valence-corrected chi connectivity index (χ1v) is 5.68. The molecule has 18 heavy (non-hydrogen) atoms. The third-order valence-electron chi connectivity index (χ3n) is 2.88. The maximum atomic E-state index is 11.5. The van der Waals surface area contributed by atoms with E-state index in [4.69, 9.17) is 5.11 Å². The number of aromatic nitrogens is 2. The Morgan fingerprint density at radius 2 is 2.39 bits per heavy atom. The van der Waals surface area contributed by atoms with Crippen LogP contribution in [0, 0.1) is 10.1 Å². The first-order valence-electron chi connectivity index (χ1n) is 5.68. The summed E-state index contributed by atoms with van der Waals surface area (Å²) in [5.74, 6) is -0.347. The Labute approximate surface area is 103 Å². The number of amides is 1. The van der Waals surface area contributed by atoms with Gasteiger partial charge in [0.2, 0.25) is 12.2 Å². The minimum Gasteiger partial charge on any atom is -0.393 e. The van der Waals surface area contributed by atoms with Crippen molar-refractivity contribution in [1.29, 1.82) is 0 Å². The number of carbonyl (C=O) groups excluding carboxylic acids is 1. The number of nitro groups is 1. The third-order valence-corrected chi connectivity index (χ3v) is 2.88. The fraction of sp³-hybridized carbons (Fsp3) is 0.600. The molecule has 8 nitrogen and oxygen atoms in total. The van der Waals surface area contributed by atoms with Crippen molar-refractivity contribution in [3.8, 4) is 0 Å². The molecule has 2 N–H and O–H groups in total. The molecule has 0 unspecified atom stereocenters. The molecule has 0 spiro atoms. The Kier molecular flexibility index (Phi) is 3.56. The topological polar surface area (TPSA) is 110 Å². The fourth-order valence-electron chi connectivity index (χ4n) is 1.80. The van der Waals surface area contributed by atoms with Gasteiger partial charge < -0.3 is 25.1 Å². The molecule has 0 bridgehead atoms. The summed E-state index contributed by atoms with van der Waals surface area (Å²) in [6.07, 6.45) is 3.76. The predicted octanol–water partition coefficient (Wildman–Crippen LogP) is -0.179. The second kappa shape index (κ2) is 5.13. The number of aryl methyl sites for hydroxylation is 1. The van der Waals surface area contributed by atoms with Crippen molar-refractivity contribution < 1.29 is 14.8 Å². The predicted molar refractivity (Wildman–Crippen MR) is 60.7 cm³/mol. The summed E-state index contributed by atoms with van der Waals surface area (Å²) in [5, 5.41) is 22.2. The van der Waals surface area contributed by atoms with Crippen molar-refractivity contribution in [2.75, 3.05) is 0 Å². The zero-order valence-electron chi connectivity index (χ0n) is 9.65. The monoisotopic (exact) mass is 254 g/mol. The molecule has 0 saturated heterocycles. The quantitative estimate of drug-likeness (QED) is 0.559. The van der Waals surface area contributed by atoms with Crippen LogP contribution in [0.15, 0.2) is 12.5 Å². The minimum atomic E-state index is -0.577. The molecule has 1 aliphatic rings. The third kappa shape index (κ3) is 3.04. The van der Waals surface area contributed by atoms with Gasteiger partial charge in [-0.1, -0.05) is 0 Å². The van der Waals surface area contributed by atoms with Crippen LogP contribution in [0.4, 0.5) is 5.82 Å². The Morgan fingerprint density at radius 1 is 1.67 bits per heavy atom. The number of rotatable bonds is 5. The molecular weight excluding hydrogens is 240 g/mol. The van der Waals surface area contributed by atoms with E-state index in [9.17, 15) is 14.9 Å². The van der Waals surface area contributed by atoms with E-state index < -0.39 is 4.92 Å². The van der Waals surface area contributed by atoms with Crippen LogP contribution >= 0.6 is 0 Å². The van der Waals surface area contributed by atoms with Crippen molar-refractivity contribution in [3.05, 3.63) is 22.6 Å². The van der Waals surface area contributed by atoms with Crippen LogP contribution in [0.5, 0.6) is 0 Å². The molecule has 1 aromatic heterocycles. The lowest BCUT2D eigenvalue weighted by Gasteiger charge is -2.31. The van der Waals surface area contributed by atoms with Gasteiger partial charge in [0.1, 0.15) is 6.20 Å². The minimum absolute atomic E-state index is 0.0598. The van der Waals surface area contributed by atoms with Crippen molar-refractivity contribution in [2.24, 2.45) is 0 Å². The molecule has 1 heterocycles. The molecular formula is C10H14N4O4. The molecule has 0 aromatic carbocycles. The average Bonchev–Trinajstić information content (AvgIpc) is 2.73. The molecule has 1 saturated carbocycles. The van der Waals surface area contributed by atoms with Gasteiger partial charge in [-0.3, -0.25) is 4.79 Å². The van der Waals surface area contributed by atoms with Crippen LogP contribution in [0.1, 0.15) is 19.3 Å². The number of carbonyl (C=O) groups is 1. The van der Waals surface area contributed by atoms with Gasteiger partial charge in [-0.2, -0.15) is 0 Å². The standard InChI is InChI=1S/C10H14N4O4/c15-8-3-7(4-8)12-10(16)1-2-13-5-9(11-6-13)14(17)18/h5-8,15H,1-4H2,(H,12,16). The van der Waals surface area contributed by atoms with Crippen LogP contribution in [-0.4, -0.2) is 37.6 Å². The molecule has 8 heteroatoms. The Hall–Kier alpha value is -1.96. The van der Waals surface area contributed by atoms with E-state index in [1.54, 1.807) is 0 Å². The van der Waals surface area contributed by atoms with E-state index in [0.29, 0.717) is 19.4 Å². The summed E-state index contributed by atoms with van der Waals surface area (Å²) in [6, 6.07) is 0.0598. The zero-order valence-corrected chi connectivity index (χ0v) is 9.65. The van der Waals surface area contributed by atoms with E-state index in [1.807, 2.05) is 0 Å².